The van der Waals surface area contributed by atoms with Gasteiger partial charge in [-0.3, -0.25) is 14.7 Å². The molecule has 0 saturated carbocycles. The Kier molecular flexibility index (Phi) is 3.21. The minimum atomic E-state index is -0.472. The summed E-state index contributed by atoms with van der Waals surface area (Å²) in [5.41, 5.74) is -0.232. The summed E-state index contributed by atoms with van der Waals surface area (Å²) in [6, 6.07) is 1.40. The van der Waals surface area contributed by atoms with Gasteiger partial charge in [0, 0.05) is 31.5 Å². The van der Waals surface area contributed by atoms with Crippen molar-refractivity contribution < 1.29 is 5.11 Å². The molecule has 0 amide bonds. The SMILES string of the molecule is O=c1cc(CN2CCC(CO)C2)[nH]c(=O)[nH]1. The van der Waals surface area contributed by atoms with Crippen LogP contribution in [0, 0.1) is 5.92 Å². The highest BCUT2D eigenvalue weighted by molar-refractivity contribution is 4.99. The van der Waals surface area contributed by atoms with Crippen LogP contribution in [-0.4, -0.2) is 39.7 Å². The molecule has 0 aromatic carbocycles. The van der Waals surface area contributed by atoms with Crippen LogP contribution in [0.4, 0.5) is 0 Å². The van der Waals surface area contributed by atoms with Gasteiger partial charge in [-0.05, 0) is 18.9 Å². The molecule has 16 heavy (non-hydrogen) atoms. The maximum absolute atomic E-state index is 11.1. The van der Waals surface area contributed by atoms with Crippen LogP contribution in [0.25, 0.3) is 0 Å². The van der Waals surface area contributed by atoms with Crippen molar-refractivity contribution in [2.75, 3.05) is 19.7 Å². The van der Waals surface area contributed by atoms with Gasteiger partial charge in [-0.15, -0.1) is 0 Å². The van der Waals surface area contributed by atoms with Gasteiger partial charge in [0.1, 0.15) is 0 Å². The average Bonchev–Trinajstić information content (AvgIpc) is 2.64. The largest absolute Gasteiger partial charge is 0.396 e. The molecule has 0 aliphatic carbocycles. The molecular weight excluding hydrogens is 210 g/mol. The summed E-state index contributed by atoms with van der Waals surface area (Å²) in [6.45, 7) is 2.45. The Morgan fingerprint density at radius 3 is 2.88 bits per heavy atom. The van der Waals surface area contributed by atoms with E-state index in [-0.39, 0.29) is 12.2 Å². The number of rotatable bonds is 3. The molecule has 1 unspecified atom stereocenters. The van der Waals surface area contributed by atoms with Gasteiger partial charge in [-0.1, -0.05) is 0 Å². The Morgan fingerprint density at radius 1 is 1.44 bits per heavy atom. The second kappa shape index (κ2) is 4.63. The van der Waals surface area contributed by atoms with E-state index in [1.807, 2.05) is 0 Å². The molecule has 1 aromatic rings. The van der Waals surface area contributed by atoms with E-state index in [0.717, 1.165) is 19.5 Å². The molecule has 1 fully saturated rings. The summed E-state index contributed by atoms with van der Waals surface area (Å²) >= 11 is 0. The Hall–Kier alpha value is -1.40. The number of aromatic nitrogens is 2. The zero-order valence-electron chi connectivity index (χ0n) is 8.90. The van der Waals surface area contributed by atoms with Crippen LogP contribution in [0.15, 0.2) is 15.7 Å². The van der Waals surface area contributed by atoms with Crippen molar-refractivity contribution in [2.24, 2.45) is 5.92 Å². The molecule has 2 rings (SSSR count). The van der Waals surface area contributed by atoms with Crippen molar-refractivity contribution in [2.45, 2.75) is 13.0 Å². The van der Waals surface area contributed by atoms with Gasteiger partial charge in [-0.2, -0.15) is 0 Å². The third-order valence-electron chi connectivity index (χ3n) is 2.84. The molecule has 88 valence electrons. The van der Waals surface area contributed by atoms with E-state index in [4.69, 9.17) is 5.11 Å². The number of nitrogens with one attached hydrogen (secondary N) is 2. The van der Waals surface area contributed by atoms with Crippen molar-refractivity contribution in [3.8, 4) is 0 Å². The fourth-order valence-corrected chi connectivity index (χ4v) is 2.05. The first-order valence-electron chi connectivity index (χ1n) is 5.33. The average molecular weight is 225 g/mol. The first-order valence-corrected chi connectivity index (χ1v) is 5.33. The third kappa shape index (κ3) is 2.59. The fraction of sp³-hybridized carbons (Fsp3) is 0.600. The second-order valence-corrected chi connectivity index (χ2v) is 4.19. The molecule has 1 saturated heterocycles. The van der Waals surface area contributed by atoms with Crippen molar-refractivity contribution >= 4 is 0 Å². The zero-order chi connectivity index (χ0) is 11.5. The van der Waals surface area contributed by atoms with Crippen molar-refractivity contribution in [3.63, 3.8) is 0 Å². The number of likely N-dealkylation sites (tertiary alicyclic amines) is 1. The monoisotopic (exact) mass is 225 g/mol. The van der Waals surface area contributed by atoms with Crippen molar-refractivity contribution in [1.82, 2.24) is 14.9 Å². The van der Waals surface area contributed by atoms with Crippen LogP contribution in [0.2, 0.25) is 0 Å². The molecule has 0 spiro atoms. The number of aliphatic hydroxyl groups is 1. The van der Waals surface area contributed by atoms with Crippen molar-refractivity contribution in [1.29, 1.82) is 0 Å². The predicted molar refractivity (Wildman–Crippen MR) is 58.2 cm³/mol. The van der Waals surface area contributed by atoms with E-state index in [0.29, 0.717) is 18.2 Å². The molecule has 6 nitrogen and oxygen atoms in total. The first-order chi connectivity index (χ1) is 7.67. The Bertz CT molecular complexity index is 437. The van der Waals surface area contributed by atoms with Gasteiger partial charge in [0.05, 0.1) is 0 Å². The highest BCUT2D eigenvalue weighted by atomic mass is 16.3. The van der Waals surface area contributed by atoms with Crippen LogP contribution < -0.4 is 11.2 Å². The highest BCUT2D eigenvalue weighted by Gasteiger charge is 2.21. The Labute approximate surface area is 91.9 Å². The van der Waals surface area contributed by atoms with E-state index in [1.165, 1.54) is 6.07 Å². The standard InChI is InChI=1S/C10H15N3O3/c14-6-7-1-2-13(4-7)5-8-3-9(15)12-10(16)11-8/h3,7,14H,1-2,4-6H2,(H2,11,12,15,16). The topological polar surface area (TPSA) is 89.2 Å². The molecule has 3 N–H and O–H groups in total. The summed E-state index contributed by atoms with van der Waals surface area (Å²) in [6.07, 6.45) is 0.962. The van der Waals surface area contributed by atoms with Crippen LogP contribution in [0.3, 0.4) is 0 Å². The van der Waals surface area contributed by atoms with Crippen LogP contribution >= 0.6 is 0 Å². The lowest BCUT2D eigenvalue weighted by Crippen LogP contribution is -2.27. The molecule has 1 aliphatic heterocycles. The molecule has 1 aromatic heterocycles. The maximum Gasteiger partial charge on any atom is 0.325 e. The van der Waals surface area contributed by atoms with Gasteiger partial charge >= 0.3 is 5.69 Å². The zero-order valence-corrected chi connectivity index (χ0v) is 8.90. The number of hydrogen-bond acceptors (Lipinski definition) is 4. The maximum atomic E-state index is 11.1. The van der Waals surface area contributed by atoms with E-state index >= 15 is 0 Å². The van der Waals surface area contributed by atoms with Gasteiger partial charge in [0.25, 0.3) is 5.56 Å². The summed E-state index contributed by atoms with van der Waals surface area (Å²) < 4.78 is 0. The first kappa shape index (κ1) is 11.1. The van der Waals surface area contributed by atoms with E-state index in [9.17, 15) is 9.59 Å². The normalized spacial score (nSPS) is 21.4. The number of aromatic amines is 2. The minimum absolute atomic E-state index is 0.197. The number of aliphatic hydroxyl groups excluding tert-OH is 1. The van der Waals surface area contributed by atoms with Gasteiger partial charge in [-0.25, -0.2) is 4.79 Å². The minimum Gasteiger partial charge on any atom is -0.396 e. The van der Waals surface area contributed by atoms with Crippen LogP contribution in [0.1, 0.15) is 12.1 Å². The highest BCUT2D eigenvalue weighted by Crippen LogP contribution is 2.16. The lowest BCUT2D eigenvalue weighted by molar-refractivity contribution is 0.219. The summed E-state index contributed by atoms with van der Waals surface area (Å²) in [4.78, 5) is 28.9. The fourth-order valence-electron chi connectivity index (χ4n) is 2.05. The van der Waals surface area contributed by atoms with E-state index in [1.54, 1.807) is 0 Å². The van der Waals surface area contributed by atoms with E-state index < -0.39 is 5.69 Å². The lowest BCUT2D eigenvalue weighted by atomic mass is 10.1. The Morgan fingerprint density at radius 2 is 2.25 bits per heavy atom. The van der Waals surface area contributed by atoms with Crippen molar-refractivity contribution in [3.05, 3.63) is 32.6 Å². The number of hydrogen-bond donors (Lipinski definition) is 3. The molecule has 1 atom stereocenters. The van der Waals surface area contributed by atoms with Gasteiger partial charge in [0.2, 0.25) is 0 Å². The molecule has 2 heterocycles. The smallest absolute Gasteiger partial charge is 0.325 e. The van der Waals surface area contributed by atoms with Gasteiger partial charge < -0.3 is 10.1 Å². The summed E-state index contributed by atoms with van der Waals surface area (Å²) in [7, 11) is 0. The van der Waals surface area contributed by atoms with Crippen LogP contribution in [-0.2, 0) is 6.54 Å². The molecule has 1 aliphatic rings. The molecular formula is C10H15N3O3. The predicted octanol–water partition coefficient (Wildman–Crippen LogP) is -1.12. The van der Waals surface area contributed by atoms with Crippen LogP contribution in [0.5, 0.6) is 0 Å². The Balaban J connectivity index is 2.04. The number of H-pyrrole nitrogens is 2. The van der Waals surface area contributed by atoms with Gasteiger partial charge in [0.15, 0.2) is 0 Å². The summed E-state index contributed by atoms with van der Waals surface area (Å²) in [5.74, 6) is 0.314. The quantitative estimate of drug-likeness (QED) is 0.607. The van der Waals surface area contributed by atoms with E-state index in [2.05, 4.69) is 14.9 Å². The summed E-state index contributed by atoms with van der Waals surface area (Å²) in [5, 5.41) is 9.00. The number of nitrogens with zero attached hydrogens (tertiary/aromatic N) is 1. The second-order valence-electron chi connectivity index (χ2n) is 4.19. The molecule has 6 heteroatoms. The third-order valence-corrected chi connectivity index (χ3v) is 2.84. The molecule has 0 bridgehead atoms. The lowest BCUT2D eigenvalue weighted by Gasteiger charge is -2.14. The molecule has 0 radical (unpaired) electrons.